The Bertz CT molecular complexity index is 1290. The maximum Gasteiger partial charge on any atom is 0.293 e. The summed E-state index contributed by atoms with van der Waals surface area (Å²) in [6.07, 6.45) is 3.32. The van der Waals surface area contributed by atoms with Crippen LogP contribution in [-0.2, 0) is 17.9 Å². The minimum absolute atomic E-state index is 0.0394. The average molecular weight is 611 g/mol. The molecule has 0 unspecified atom stereocenters. The highest BCUT2D eigenvalue weighted by Crippen LogP contribution is 2.38. The zero-order valence-electron chi connectivity index (χ0n) is 17.8. The van der Waals surface area contributed by atoms with Crippen LogP contribution in [0.4, 0.5) is 9.18 Å². The molecule has 0 aliphatic carbocycles. The molecule has 6 nitrogen and oxygen atoms in total. The second-order valence-electron chi connectivity index (χ2n) is 7.15. The van der Waals surface area contributed by atoms with Crippen molar-refractivity contribution in [3.63, 3.8) is 0 Å². The Morgan fingerprint density at radius 2 is 2.03 bits per heavy atom. The molecular weight excluding hydrogens is 594 g/mol. The van der Waals surface area contributed by atoms with Crippen molar-refractivity contribution in [3.8, 4) is 11.5 Å². The molecule has 0 bridgehead atoms. The van der Waals surface area contributed by atoms with Crippen LogP contribution in [0.2, 0.25) is 5.02 Å². The summed E-state index contributed by atoms with van der Waals surface area (Å²) in [5, 5.41) is -0.266. The van der Waals surface area contributed by atoms with Crippen LogP contribution in [0.15, 0.2) is 59.6 Å². The molecule has 2 heterocycles. The first kappa shape index (κ1) is 24.5. The van der Waals surface area contributed by atoms with E-state index in [0.29, 0.717) is 22.6 Å². The molecule has 1 fully saturated rings. The molecule has 3 aromatic rings. The summed E-state index contributed by atoms with van der Waals surface area (Å²) in [5.74, 6) is 0.120. The van der Waals surface area contributed by atoms with E-state index in [1.54, 1.807) is 18.3 Å². The van der Waals surface area contributed by atoms with Gasteiger partial charge >= 0.3 is 0 Å². The van der Waals surface area contributed by atoms with Gasteiger partial charge in [0.15, 0.2) is 11.5 Å². The van der Waals surface area contributed by atoms with Crippen molar-refractivity contribution in [1.82, 2.24) is 9.88 Å². The normalized spacial score (nSPS) is 14.7. The van der Waals surface area contributed by atoms with Crippen LogP contribution in [0, 0.1) is 9.39 Å². The third-order valence-corrected chi connectivity index (χ3v) is 6.92. The highest BCUT2D eigenvalue weighted by Gasteiger charge is 2.35. The molecule has 0 atom stereocenters. The summed E-state index contributed by atoms with van der Waals surface area (Å²) < 4.78 is 25.5. The van der Waals surface area contributed by atoms with Gasteiger partial charge in [-0.15, -0.1) is 0 Å². The first-order valence-electron chi connectivity index (χ1n) is 9.95. The number of carbonyl (C=O) groups is 2. The Morgan fingerprint density at radius 3 is 2.74 bits per heavy atom. The molecule has 10 heteroatoms. The lowest BCUT2D eigenvalue weighted by molar-refractivity contribution is -0.123. The molecule has 34 heavy (non-hydrogen) atoms. The number of hydrogen-bond acceptors (Lipinski definition) is 6. The van der Waals surface area contributed by atoms with Crippen LogP contribution >= 0.6 is 46.0 Å². The first-order valence-corrected chi connectivity index (χ1v) is 12.2. The van der Waals surface area contributed by atoms with Crippen molar-refractivity contribution in [3.05, 3.63) is 90.9 Å². The quantitative estimate of drug-likeness (QED) is 0.231. The molecule has 4 rings (SSSR count). The molecule has 1 saturated heterocycles. The van der Waals surface area contributed by atoms with E-state index in [-0.39, 0.29) is 23.1 Å². The van der Waals surface area contributed by atoms with Crippen molar-refractivity contribution in [2.45, 2.75) is 13.2 Å². The minimum atomic E-state index is -0.487. The molecule has 2 amide bonds. The van der Waals surface area contributed by atoms with E-state index in [0.717, 1.165) is 32.0 Å². The average Bonchev–Trinajstić information content (AvgIpc) is 3.07. The fraction of sp³-hybridized carbons (Fsp3) is 0.125. The lowest BCUT2D eigenvalue weighted by Gasteiger charge is -2.14. The highest BCUT2D eigenvalue weighted by molar-refractivity contribution is 14.1. The van der Waals surface area contributed by atoms with Crippen molar-refractivity contribution >= 4 is 63.2 Å². The first-order chi connectivity index (χ1) is 16.4. The molecule has 1 aliphatic rings. The van der Waals surface area contributed by atoms with Crippen LogP contribution < -0.4 is 9.47 Å². The Hall–Kier alpha value is -2.63. The molecule has 174 valence electrons. The van der Waals surface area contributed by atoms with Gasteiger partial charge in [-0.1, -0.05) is 23.7 Å². The molecular formula is C24H17ClFIN2O4S. The lowest BCUT2D eigenvalue weighted by atomic mass is 10.1. The number of thioether (sulfide) groups is 1. The summed E-state index contributed by atoms with van der Waals surface area (Å²) in [4.78, 5) is 31.0. The van der Waals surface area contributed by atoms with Crippen LogP contribution in [0.1, 0.15) is 16.8 Å². The second kappa shape index (κ2) is 10.7. The third-order valence-electron chi connectivity index (χ3n) is 4.86. The van der Waals surface area contributed by atoms with Gasteiger partial charge in [0.2, 0.25) is 0 Å². The molecule has 0 spiro atoms. The van der Waals surface area contributed by atoms with Crippen molar-refractivity contribution in [2.24, 2.45) is 0 Å². The van der Waals surface area contributed by atoms with E-state index in [1.165, 1.54) is 19.2 Å². The monoisotopic (exact) mass is 610 g/mol. The summed E-state index contributed by atoms with van der Waals surface area (Å²) in [6.45, 7) is 0.236. The Labute approximate surface area is 218 Å². The van der Waals surface area contributed by atoms with Gasteiger partial charge in [0.05, 0.1) is 27.8 Å². The predicted octanol–water partition coefficient (Wildman–Crippen LogP) is 6.30. The smallest absolute Gasteiger partial charge is 0.293 e. The van der Waals surface area contributed by atoms with Crippen molar-refractivity contribution in [1.29, 1.82) is 0 Å². The number of pyridine rings is 1. The molecule has 1 aliphatic heterocycles. The third kappa shape index (κ3) is 5.53. The van der Waals surface area contributed by atoms with Crippen LogP contribution in [0.25, 0.3) is 6.08 Å². The number of methoxy groups -OCH3 is 1. The van der Waals surface area contributed by atoms with Gasteiger partial charge in [-0.3, -0.25) is 19.5 Å². The fourth-order valence-electron chi connectivity index (χ4n) is 3.20. The Morgan fingerprint density at radius 1 is 1.21 bits per heavy atom. The van der Waals surface area contributed by atoms with Gasteiger partial charge in [0.1, 0.15) is 12.4 Å². The van der Waals surface area contributed by atoms with Gasteiger partial charge in [-0.25, -0.2) is 4.39 Å². The fourth-order valence-corrected chi connectivity index (χ4v) is 5.05. The maximum atomic E-state index is 13.3. The van der Waals surface area contributed by atoms with E-state index in [2.05, 4.69) is 27.6 Å². The van der Waals surface area contributed by atoms with Gasteiger partial charge in [-0.05, 0) is 88.0 Å². The number of nitrogens with zero attached hydrogens (tertiary/aromatic N) is 2. The maximum absolute atomic E-state index is 13.3. The standard InChI is InChI=1S/C24H17ClFIN2O4S/c1-32-20-9-14(8-19(27)22(20)33-13-17-4-2-3-7-28-17)10-21-23(30)29(24(31)34-21)12-15-5-6-16(26)11-18(15)25/h2-11H,12-13H2,1H3/b21-10-. The number of ether oxygens (including phenoxy) is 2. The zero-order chi connectivity index (χ0) is 24.2. The summed E-state index contributed by atoms with van der Waals surface area (Å²) in [7, 11) is 1.53. The Kier molecular flexibility index (Phi) is 7.74. The van der Waals surface area contributed by atoms with E-state index >= 15 is 0 Å². The molecule has 0 radical (unpaired) electrons. The predicted molar refractivity (Wildman–Crippen MR) is 137 cm³/mol. The number of imide groups is 1. The van der Waals surface area contributed by atoms with Gasteiger partial charge in [-0.2, -0.15) is 0 Å². The summed E-state index contributed by atoms with van der Waals surface area (Å²) in [6, 6.07) is 13.0. The van der Waals surface area contributed by atoms with Crippen molar-refractivity contribution in [2.75, 3.05) is 7.11 Å². The van der Waals surface area contributed by atoms with Gasteiger partial charge in [0.25, 0.3) is 11.1 Å². The number of benzene rings is 2. The summed E-state index contributed by atoms with van der Waals surface area (Å²) >= 11 is 9.02. The lowest BCUT2D eigenvalue weighted by Crippen LogP contribution is -2.27. The van der Waals surface area contributed by atoms with Crippen molar-refractivity contribution < 1.29 is 23.5 Å². The number of hydrogen-bond donors (Lipinski definition) is 0. The SMILES string of the molecule is COc1cc(/C=C2\SC(=O)N(Cc3ccc(F)cc3Cl)C2=O)cc(I)c1OCc1ccccn1. The largest absolute Gasteiger partial charge is 0.493 e. The highest BCUT2D eigenvalue weighted by atomic mass is 127. The van der Waals surface area contributed by atoms with E-state index in [4.69, 9.17) is 21.1 Å². The molecule has 0 saturated carbocycles. The van der Waals surface area contributed by atoms with Crippen LogP contribution in [0.3, 0.4) is 0 Å². The van der Waals surface area contributed by atoms with E-state index in [1.807, 2.05) is 24.3 Å². The number of halogens is 3. The second-order valence-corrected chi connectivity index (χ2v) is 9.71. The van der Waals surface area contributed by atoms with E-state index < -0.39 is 17.0 Å². The minimum Gasteiger partial charge on any atom is -0.493 e. The molecule has 2 aromatic carbocycles. The van der Waals surface area contributed by atoms with Crippen LogP contribution in [-0.4, -0.2) is 28.1 Å². The number of aromatic nitrogens is 1. The Balaban J connectivity index is 1.54. The van der Waals surface area contributed by atoms with E-state index in [9.17, 15) is 14.0 Å². The zero-order valence-corrected chi connectivity index (χ0v) is 21.5. The number of rotatable bonds is 7. The molecule has 1 aromatic heterocycles. The van der Waals surface area contributed by atoms with Gasteiger partial charge in [0, 0.05) is 11.2 Å². The van der Waals surface area contributed by atoms with Gasteiger partial charge < -0.3 is 9.47 Å². The topological polar surface area (TPSA) is 68.7 Å². The van der Waals surface area contributed by atoms with Crippen LogP contribution in [0.5, 0.6) is 11.5 Å². The molecule has 0 N–H and O–H groups in total. The number of carbonyl (C=O) groups excluding carboxylic acids is 2. The summed E-state index contributed by atoms with van der Waals surface area (Å²) in [5.41, 5.74) is 1.94. The number of amides is 2.